The lowest BCUT2D eigenvalue weighted by Gasteiger charge is -2.17. The molecule has 1 heterocycles. The van der Waals surface area contributed by atoms with Crippen molar-refractivity contribution in [1.29, 1.82) is 0 Å². The van der Waals surface area contributed by atoms with Gasteiger partial charge < -0.3 is 11.1 Å². The Hall–Kier alpha value is -1.39. The maximum atomic E-state index is 5.77. The van der Waals surface area contributed by atoms with Crippen LogP contribution in [0.5, 0.6) is 0 Å². The normalized spacial score (nSPS) is 12.1. The van der Waals surface area contributed by atoms with Crippen molar-refractivity contribution in [3.8, 4) is 0 Å². The molecule has 0 aliphatic rings. The van der Waals surface area contributed by atoms with Crippen LogP contribution in [0.25, 0.3) is 0 Å². The Bertz CT molecular complexity index is 456. The maximum absolute atomic E-state index is 5.77. The van der Waals surface area contributed by atoms with Gasteiger partial charge in [-0.3, -0.25) is 4.98 Å². The minimum absolute atomic E-state index is 0.0392. The summed E-state index contributed by atoms with van der Waals surface area (Å²) >= 11 is 3.41. The highest BCUT2D eigenvalue weighted by Gasteiger charge is 2.09. The summed E-state index contributed by atoms with van der Waals surface area (Å²) in [5, 5.41) is 3.36. The van der Waals surface area contributed by atoms with Gasteiger partial charge in [0.15, 0.2) is 0 Å². The van der Waals surface area contributed by atoms with Crippen LogP contribution in [0, 0.1) is 0 Å². The van der Waals surface area contributed by atoms with E-state index in [4.69, 9.17) is 5.73 Å². The fourth-order valence-corrected chi connectivity index (χ4v) is 1.85. The molecule has 88 valence electrons. The lowest BCUT2D eigenvalue weighted by Crippen LogP contribution is -2.21. The van der Waals surface area contributed by atoms with Crippen LogP contribution >= 0.6 is 15.9 Å². The van der Waals surface area contributed by atoms with Gasteiger partial charge in [0.1, 0.15) is 0 Å². The summed E-state index contributed by atoms with van der Waals surface area (Å²) in [6.45, 7) is 0.507. The van der Waals surface area contributed by atoms with E-state index in [0.717, 1.165) is 15.9 Å². The summed E-state index contributed by atoms with van der Waals surface area (Å²) in [6, 6.07) is 13.9. The van der Waals surface area contributed by atoms with Crippen molar-refractivity contribution in [1.82, 2.24) is 4.98 Å². The van der Waals surface area contributed by atoms with Gasteiger partial charge in [0.2, 0.25) is 0 Å². The van der Waals surface area contributed by atoms with Gasteiger partial charge in [-0.25, -0.2) is 0 Å². The van der Waals surface area contributed by atoms with E-state index in [2.05, 4.69) is 26.2 Å². The zero-order valence-corrected chi connectivity index (χ0v) is 10.9. The van der Waals surface area contributed by atoms with Crippen molar-refractivity contribution in [3.63, 3.8) is 0 Å². The first-order chi connectivity index (χ1) is 8.29. The van der Waals surface area contributed by atoms with Crippen molar-refractivity contribution in [2.24, 2.45) is 5.73 Å². The minimum atomic E-state index is 0.0392. The van der Waals surface area contributed by atoms with Gasteiger partial charge in [-0.2, -0.15) is 0 Å². The van der Waals surface area contributed by atoms with Crippen molar-refractivity contribution in [2.75, 3.05) is 11.9 Å². The Kier molecular flexibility index (Phi) is 4.12. The molecule has 1 aromatic carbocycles. The molecule has 0 radical (unpaired) electrons. The highest BCUT2D eigenvalue weighted by atomic mass is 79.9. The minimum Gasteiger partial charge on any atom is -0.375 e. The molecule has 1 atom stereocenters. The molecule has 0 saturated heterocycles. The molecule has 0 fully saturated rings. The van der Waals surface area contributed by atoms with E-state index in [1.807, 2.05) is 42.5 Å². The highest BCUT2D eigenvalue weighted by molar-refractivity contribution is 9.10. The van der Waals surface area contributed by atoms with Crippen LogP contribution in [0.1, 0.15) is 11.7 Å². The van der Waals surface area contributed by atoms with E-state index in [9.17, 15) is 0 Å². The van der Waals surface area contributed by atoms with Crippen molar-refractivity contribution in [2.45, 2.75) is 6.04 Å². The molecule has 0 spiro atoms. The average molecular weight is 292 g/mol. The van der Waals surface area contributed by atoms with E-state index < -0.39 is 0 Å². The summed E-state index contributed by atoms with van der Waals surface area (Å²) in [7, 11) is 0. The predicted octanol–water partition coefficient (Wildman–Crippen LogP) is 2.96. The van der Waals surface area contributed by atoms with Gasteiger partial charge in [-0.1, -0.05) is 22.0 Å². The second kappa shape index (κ2) is 5.80. The molecule has 17 heavy (non-hydrogen) atoms. The summed E-state index contributed by atoms with van der Waals surface area (Å²) in [4.78, 5) is 4.31. The van der Waals surface area contributed by atoms with Gasteiger partial charge in [0, 0.05) is 22.9 Å². The number of hydrogen-bond acceptors (Lipinski definition) is 3. The van der Waals surface area contributed by atoms with Crippen molar-refractivity contribution in [3.05, 3.63) is 58.8 Å². The van der Waals surface area contributed by atoms with Crippen molar-refractivity contribution < 1.29 is 0 Å². The molecule has 3 nitrogen and oxygen atoms in total. The predicted molar refractivity (Wildman–Crippen MR) is 73.8 cm³/mol. The number of aromatic nitrogens is 1. The third-order valence-corrected chi connectivity index (χ3v) is 2.99. The molecule has 4 heteroatoms. The number of nitrogens with one attached hydrogen (secondary N) is 1. The molecule has 0 aliphatic heterocycles. The Morgan fingerprint density at radius 3 is 2.53 bits per heavy atom. The fourth-order valence-electron chi connectivity index (χ4n) is 1.58. The summed E-state index contributed by atoms with van der Waals surface area (Å²) in [5.41, 5.74) is 7.76. The third kappa shape index (κ3) is 3.28. The molecule has 3 N–H and O–H groups in total. The van der Waals surface area contributed by atoms with Gasteiger partial charge in [0.05, 0.1) is 11.7 Å². The lowest BCUT2D eigenvalue weighted by molar-refractivity contribution is 0.760. The zero-order valence-electron chi connectivity index (χ0n) is 9.31. The number of benzene rings is 1. The average Bonchev–Trinajstić information content (AvgIpc) is 2.39. The van der Waals surface area contributed by atoms with Crippen LogP contribution in [0.15, 0.2) is 53.1 Å². The number of rotatable bonds is 4. The Morgan fingerprint density at radius 1 is 1.18 bits per heavy atom. The second-order valence-corrected chi connectivity index (χ2v) is 4.61. The van der Waals surface area contributed by atoms with E-state index >= 15 is 0 Å². The van der Waals surface area contributed by atoms with E-state index in [0.29, 0.717) is 6.54 Å². The Morgan fingerprint density at radius 2 is 1.94 bits per heavy atom. The van der Waals surface area contributed by atoms with Gasteiger partial charge in [0.25, 0.3) is 0 Å². The quantitative estimate of drug-likeness (QED) is 0.911. The van der Waals surface area contributed by atoms with Gasteiger partial charge >= 0.3 is 0 Å². The number of anilines is 1. The summed E-state index contributed by atoms with van der Waals surface area (Å²) < 4.78 is 1.06. The van der Waals surface area contributed by atoms with E-state index in [-0.39, 0.29) is 6.04 Å². The second-order valence-electron chi connectivity index (χ2n) is 3.69. The van der Waals surface area contributed by atoms with Crippen molar-refractivity contribution >= 4 is 21.6 Å². The van der Waals surface area contributed by atoms with Crippen LogP contribution in [-0.2, 0) is 0 Å². The van der Waals surface area contributed by atoms with Crippen LogP contribution in [0.4, 0.5) is 5.69 Å². The van der Waals surface area contributed by atoms with Crippen LogP contribution in [0.2, 0.25) is 0 Å². The SMILES string of the molecule is NCC(Nc1ccc(Br)cc1)c1ccccn1. The molecule has 0 aliphatic carbocycles. The summed E-state index contributed by atoms with van der Waals surface area (Å²) in [5.74, 6) is 0. The van der Waals surface area contributed by atoms with Crippen LogP contribution in [0.3, 0.4) is 0 Å². The highest BCUT2D eigenvalue weighted by Crippen LogP contribution is 2.19. The molecule has 0 saturated carbocycles. The molecule has 0 bridgehead atoms. The molecular weight excluding hydrogens is 278 g/mol. The molecule has 1 aromatic heterocycles. The number of halogens is 1. The first-order valence-electron chi connectivity index (χ1n) is 5.42. The monoisotopic (exact) mass is 291 g/mol. The van der Waals surface area contributed by atoms with E-state index in [1.54, 1.807) is 6.20 Å². The molecular formula is C13H14BrN3. The molecule has 2 rings (SSSR count). The number of nitrogens with two attached hydrogens (primary N) is 1. The number of pyridine rings is 1. The van der Waals surface area contributed by atoms with Gasteiger partial charge in [-0.05, 0) is 36.4 Å². The first kappa shape index (κ1) is 12.1. The number of hydrogen-bond donors (Lipinski definition) is 2. The Labute approximate surface area is 109 Å². The topological polar surface area (TPSA) is 50.9 Å². The van der Waals surface area contributed by atoms with E-state index in [1.165, 1.54) is 0 Å². The lowest BCUT2D eigenvalue weighted by atomic mass is 10.1. The largest absolute Gasteiger partial charge is 0.375 e. The Balaban J connectivity index is 2.13. The van der Waals surface area contributed by atoms with Crippen LogP contribution < -0.4 is 11.1 Å². The zero-order chi connectivity index (χ0) is 12.1. The number of nitrogens with zero attached hydrogens (tertiary/aromatic N) is 1. The fraction of sp³-hybridized carbons (Fsp3) is 0.154. The third-order valence-electron chi connectivity index (χ3n) is 2.47. The smallest absolute Gasteiger partial charge is 0.0807 e. The molecule has 2 aromatic rings. The molecule has 1 unspecified atom stereocenters. The molecule has 0 amide bonds. The van der Waals surface area contributed by atoms with Gasteiger partial charge in [-0.15, -0.1) is 0 Å². The standard InChI is InChI=1S/C13H14BrN3/c14-10-4-6-11(7-5-10)17-13(9-15)12-3-1-2-8-16-12/h1-8,13,17H,9,15H2. The summed E-state index contributed by atoms with van der Waals surface area (Å²) in [6.07, 6.45) is 1.78. The maximum Gasteiger partial charge on any atom is 0.0807 e. The first-order valence-corrected chi connectivity index (χ1v) is 6.22. The van der Waals surface area contributed by atoms with Crippen LogP contribution in [-0.4, -0.2) is 11.5 Å².